The molecular formula is C13H25ClN2O2. The van der Waals surface area contributed by atoms with Crippen molar-refractivity contribution in [2.45, 2.75) is 57.2 Å². The zero-order valence-electron chi connectivity index (χ0n) is 11.0. The van der Waals surface area contributed by atoms with Gasteiger partial charge in [0.2, 0.25) is 5.91 Å². The molecule has 106 valence electrons. The molecule has 2 N–H and O–H groups in total. The van der Waals surface area contributed by atoms with E-state index in [9.17, 15) is 4.79 Å². The standard InChI is InChI=1S/C13H24N2O2.ClH/c14-8-5-13(16)15-9-6-12(7-10-15)17-11-3-1-2-4-11;/h11-12H,1-10,14H2;1H. The van der Waals surface area contributed by atoms with E-state index < -0.39 is 0 Å². The third-order valence-electron chi connectivity index (χ3n) is 3.84. The number of hydrogen-bond donors (Lipinski definition) is 1. The van der Waals surface area contributed by atoms with E-state index in [0.29, 0.717) is 25.2 Å². The highest BCUT2D eigenvalue weighted by Gasteiger charge is 2.26. The van der Waals surface area contributed by atoms with E-state index in [4.69, 9.17) is 10.5 Å². The van der Waals surface area contributed by atoms with Crippen LogP contribution in [-0.4, -0.2) is 42.6 Å². The summed E-state index contributed by atoms with van der Waals surface area (Å²) in [7, 11) is 0. The maximum Gasteiger partial charge on any atom is 0.223 e. The topological polar surface area (TPSA) is 55.6 Å². The van der Waals surface area contributed by atoms with Gasteiger partial charge in [-0.15, -0.1) is 12.4 Å². The van der Waals surface area contributed by atoms with Gasteiger partial charge in [0.05, 0.1) is 12.2 Å². The minimum absolute atomic E-state index is 0. The molecule has 4 nitrogen and oxygen atoms in total. The summed E-state index contributed by atoms with van der Waals surface area (Å²) in [4.78, 5) is 13.6. The van der Waals surface area contributed by atoms with Crippen molar-refractivity contribution in [3.05, 3.63) is 0 Å². The second-order valence-electron chi connectivity index (χ2n) is 5.16. The maximum absolute atomic E-state index is 11.7. The number of halogens is 1. The second-order valence-corrected chi connectivity index (χ2v) is 5.16. The number of carbonyl (C=O) groups is 1. The molecule has 5 heteroatoms. The summed E-state index contributed by atoms with van der Waals surface area (Å²) in [6.07, 6.45) is 8.43. The summed E-state index contributed by atoms with van der Waals surface area (Å²) >= 11 is 0. The van der Waals surface area contributed by atoms with Gasteiger partial charge in [-0.3, -0.25) is 4.79 Å². The Hall–Kier alpha value is -0.320. The van der Waals surface area contributed by atoms with Crippen LogP contribution in [0.4, 0.5) is 0 Å². The molecule has 0 bridgehead atoms. The summed E-state index contributed by atoms with van der Waals surface area (Å²) in [6, 6.07) is 0. The molecule has 0 aromatic heterocycles. The van der Waals surface area contributed by atoms with E-state index in [0.717, 1.165) is 25.9 Å². The van der Waals surface area contributed by atoms with Crippen molar-refractivity contribution in [1.82, 2.24) is 4.90 Å². The van der Waals surface area contributed by atoms with E-state index in [1.165, 1.54) is 25.7 Å². The van der Waals surface area contributed by atoms with E-state index in [2.05, 4.69) is 0 Å². The van der Waals surface area contributed by atoms with E-state index in [1.807, 2.05) is 4.90 Å². The summed E-state index contributed by atoms with van der Waals surface area (Å²) in [6.45, 7) is 2.14. The number of ether oxygens (including phenoxy) is 1. The van der Waals surface area contributed by atoms with Crippen molar-refractivity contribution in [2.75, 3.05) is 19.6 Å². The molecular weight excluding hydrogens is 252 g/mol. The van der Waals surface area contributed by atoms with E-state index >= 15 is 0 Å². The quantitative estimate of drug-likeness (QED) is 0.850. The van der Waals surface area contributed by atoms with E-state index in [1.54, 1.807) is 0 Å². The molecule has 1 amide bonds. The van der Waals surface area contributed by atoms with Crippen LogP contribution < -0.4 is 5.73 Å². The van der Waals surface area contributed by atoms with Gasteiger partial charge in [-0.1, -0.05) is 12.8 Å². The Kier molecular flexibility index (Phi) is 6.97. The Morgan fingerprint density at radius 2 is 1.67 bits per heavy atom. The lowest BCUT2D eigenvalue weighted by atomic mass is 10.1. The minimum Gasteiger partial charge on any atom is -0.375 e. The van der Waals surface area contributed by atoms with Crippen LogP contribution in [-0.2, 0) is 9.53 Å². The molecule has 1 saturated heterocycles. The summed E-state index contributed by atoms with van der Waals surface area (Å²) in [5.41, 5.74) is 5.40. The SMILES string of the molecule is Cl.NCCC(=O)N1CCC(OC2CCCC2)CC1. The molecule has 1 heterocycles. The van der Waals surface area contributed by atoms with Crippen LogP contribution in [0.15, 0.2) is 0 Å². The van der Waals surface area contributed by atoms with Gasteiger partial charge in [-0.25, -0.2) is 0 Å². The number of carbonyl (C=O) groups excluding carboxylic acids is 1. The van der Waals surface area contributed by atoms with Gasteiger partial charge >= 0.3 is 0 Å². The van der Waals surface area contributed by atoms with Crippen molar-refractivity contribution in [2.24, 2.45) is 5.73 Å². The molecule has 2 fully saturated rings. The average Bonchev–Trinajstić information content (AvgIpc) is 2.83. The van der Waals surface area contributed by atoms with Crippen LogP contribution in [0, 0.1) is 0 Å². The van der Waals surface area contributed by atoms with Gasteiger partial charge in [0.1, 0.15) is 0 Å². The predicted molar refractivity (Wildman–Crippen MR) is 73.9 cm³/mol. The Balaban J connectivity index is 0.00000162. The normalized spacial score (nSPS) is 21.9. The van der Waals surface area contributed by atoms with Crippen molar-refractivity contribution in [3.63, 3.8) is 0 Å². The molecule has 0 unspecified atom stereocenters. The summed E-state index contributed by atoms with van der Waals surface area (Å²) < 4.78 is 6.08. The minimum atomic E-state index is 0. The van der Waals surface area contributed by atoms with Gasteiger partial charge in [-0.05, 0) is 25.7 Å². The lowest BCUT2D eigenvalue weighted by molar-refractivity contribution is -0.134. The fraction of sp³-hybridized carbons (Fsp3) is 0.923. The molecule has 1 aliphatic carbocycles. The average molecular weight is 277 g/mol. The lowest BCUT2D eigenvalue weighted by Crippen LogP contribution is -2.42. The first-order chi connectivity index (χ1) is 8.29. The molecule has 0 radical (unpaired) electrons. The number of likely N-dealkylation sites (tertiary alicyclic amines) is 1. The molecule has 0 aromatic carbocycles. The fourth-order valence-corrected chi connectivity index (χ4v) is 2.82. The van der Waals surface area contributed by atoms with Gasteiger partial charge in [0.25, 0.3) is 0 Å². The van der Waals surface area contributed by atoms with Gasteiger partial charge in [0, 0.05) is 26.1 Å². The zero-order valence-corrected chi connectivity index (χ0v) is 11.8. The van der Waals surface area contributed by atoms with Crippen molar-refractivity contribution in [1.29, 1.82) is 0 Å². The highest BCUT2D eigenvalue weighted by molar-refractivity contribution is 5.85. The first-order valence-corrected chi connectivity index (χ1v) is 6.93. The fourth-order valence-electron chi connectivity index (χ4n) is 2.82. The molecule has 1 saturated carbocycles. The highest BCUT2D eigenvalue weighted by Crippen LogP contribution is 2.25. The predicted octanol–water partition coefficient (Wildman–Crippen LogP) is 1.71. The first kappa shape index (κ1) is 15.7. The smallest absolute Gasteiger partial charge is 0.223 e. The van der Waals surface area contributed by atoms with Gasteiger partial charge in [-0.2, -0.15) is 0 Å². The van der Waals surface area contributed by atoms with Crippen LogP contribution >= 0.6 is 12.4 Å². The Bertz CT molecular complexity index is 249. The number of amides is 1. The number of hydrogen-bond acceptors (Lipinski definition) is 3. The van der Waals surface area contributed by atoms with E-state index in [-0.39, 0.29) is 18.3 Å². The molecule has 1 aliphatic heterocycles. The molecule has 0 atom stereocenters. The van der Waals surface area contributed by atoms with Gasteiger partial charge < -0.3 is 15.4 Å². The van der Waals surface area contributed by atoms with Crippen LogP contribution in [0.2, 0.25) is 0 Å². The molecule has 0 spiro atoms. The second kappa shape index (κ2) is 7.97. The summed E-state index contributed by atoms with van der Waals surface area (Å²) in [5, 5.41) is 0. The number of nitrogens with two attached hydrogens (primary N) is 1. The van der Waals surface area contributed by atoms with Crippen LogP contribution in [0.3, 0.4) is 0 Å². The van der Waals surface area contributed by atoms with Crippen molar-refractivity contribution in [3.8, 4) is 0 Å². The first-order valence-electron chi connectivity index (χ1n) is 6.93. The van der Waals surface area contributed by atoms with Crippen LogP contribution in [0.25, 0.3) is 0 Å². The van der Waals surface area contributed by atoms with Crippen molar-refractivity contribution >= 4 is 18.3 Å². The van der Waals surface area contributed by atoms with Gasteiger partial charge in [0.15, 0.2) is 0 Å². The highest BCUT2D eigenvalue weighted by atomic mass is 35.5. The number of rotatable bonds is 4. The third kappa shape index (κ3) is 4.41. The summed E-state index contributed by atoms with van der Waals surface area (Å²) in [5.74, 6) is 0.201. The maximum atomic E-state index is 11.7. The molecule has 0 aromatic rings. The number of piperidine rings is 1. The largest absolute Gasteiger partial charge is 0.375 e. The lowest BCUT2D eigenvalue weighted by Gasteiger charge is -2.33. The zero-order chi connectivity index (χ0) is 12.1. The monoisotopic (exact) mass is 276 g/mol. The molecule has 2 aliphatic rings. The van der Waals surface area contributed by atoms with Crippen LogP contribution in [0.1, 0.15) is 44.9 Å². The molecule has 18 heavy (non-hydrogen) atoms. The Morgan fingerprint density at radius 3 is 2.22 bits per heavy atom. The third-order valence-corrected chi connectivity index (χ3v) is 3.84. The Labute approximate surface area is 116 Å². The van der Waals surface area contributed by atoms with Crippen molar-refractivity contribution < 1.29 is 9.53 Å². The Morgan fingerprint density at radius 1 is 1.11 bits per heavy atom. The number of nitrogens with zero attached hydrogens (tertiary/aromatic N) is 1. The van der Waals surface area contributed by atoms with Crippen LogP contribution in [0.5, 0.6) is 0 Å². The molecule has 2 rings (SSSR count).